The molecule has 0 fully saturated rings. The molecule has 3 nitrogen and oxygen atoms in total. The fourth-order valence-corrected chi connectivity index (χ4v) is 5.36. The predicted molar refractivity (Wildman–Crippen MR) is 173 cm³/mol. The van der Waals surface area contributed by atoms with Crippen molar-refractivity contribution >= 4 is 5.97 Å². The minimum Gasteiger partial charge on any atom is -0.480 e. The molecule has 0 aromatic carbocycles. The van der Waals surface area contributed by atoms with Crippen molar-refractivity contribution in [3.8, 4) is 0 Å². The first-order valence-electron chi connectivity index (χ1n) is 17.4. The predicted octanol–water partition coefficient (Wildman–Crippen LogP) is 11.8. The van der Waals surface area contributed by atoms with Gasteiger partial charge in [0, 0.05) is 0 Å². The molecule has 3 heteroatoms. The van der Waals surface area contributed by atoms with Crippen LogP contribution in [0.2, 0.25) is 0 Å². The number of rotatable bonds is 31. The number of carboxylic acid groups (broad SMARTS) is 1. The molecule has 0 rings (SSSR count). The van der Waals surface area contributed by atoms with Crippen LogP contribution >= 0.6 is 0 Å². The lowest BCUT2D eigenvalue weighted by Gasteiger charge is -2.24. The molecule has 39 heavy (non-hydrogen) atoms. The highest BCUT2D eigenvalue weighted by Crippen LogP contribution is 2.22. The summed E-state index contributed by atoms with van der Waals surface area (Å²) in [6.07, 6.45) is 43.3. The normalized spacial score (nSPS) is 13.5. The van der Waals surface area contributed by atoms with E-state index in [-0.39, 0.29) is 0 Å². The molecule has 0 amide bonds. The lowest BCUT2D eigenvalue weighted by atomic mass is 9.87. The molecule has 0 aliphatic carbocycles. The van der Waals surface area contributed by atoms with Crippen LogP contribution in [0, 0.1) is 0 Å². The lowest BCUT2D eigenvalue weighted by Crippen LogP contribution is -2.47. The van der Waals surface area contributed by atoms with Gasteiger partial charge in [-0.25, -0.2) is 0 Å². The first kappa shape index (κ1) is 37.9. The third-order valence-corrected chi connectivity index (χ3v) is 8.20. The van der Waals surface area contributed by atoms with Crippen molar-refractivity contribution < 1.29 is 9.90 Å². The van der Waals surface area contributed by atoms with Gasteiger partial charge >= 0.3 is 5.97 Å². The van der Waals surface area contributed by atoms with E-state index in [1.165, 1.54) is 135 Å². The van der Waals surface area contributed by atoms with Gasteiger partial charge in [0.25, 0.3) is 0 Å². The van der Waals surface area contributed by atoms with Crippen LogP contribution in [-0.2, 0) is 4.79 Å². The van der Waals surface area contributed by atoms with E-state index in [0.29, 0.717) is 12.8 Å². The van der Waals surface area contributed by atoms with Crippen LogP contribution in [0.4, 0.5) is 0 Å². The van der Waals surface area contributed by atoms with Crippen molar-refractivity contribution in [2.45, 2.75) is 199 Å². The topological polar surface area (TPSA) is 63.3 Å². The van der Waals surface area contributed by atoms with Gasteiger partial charge in [-0.15, -0.1) is 0 Å². The molecule has 0 aromatic heterocycles. The number of carbonyl (C=O) groups is 1. The molecule has 0 saturated heterocycles. The second-order valence-corrected chi connectivity index (χ2v) is 12.1. The van der Waals surface area contributed by atoms with Gasteiger partial charge in [0.15, 0.2) is 0 Å². The monoisotopic (exact) mass is 548 g/mol. The van der Waals surface area contributed by atoms with E-state index >= 15 is 0 Å². The van der Waals surface area contributed by atoms with E-state index in [0.717, 1.165) is 32.1 Å². The van der Waals surface area contributed by atoms with Gasteiger partial charge in [-0.2, -0.15) is 0 Å². The summed E-state index contributed by atoms with van der Waals surface area (Å²) in [5.41, 5.74) is 5.30. The van der Waals surface area contributed by atoms with Crippen molar-refractivity contribution in [3.63, 3.8) is 0 Å². The summed E-state index contributed by atoms with van der Waals surface area (Å²) in [6, 6.07) is 0. The summed E-state index contributed by atoms with van der Waals surface area (Å²) in [7, 11) is 0. The Morgan fingerprint density at radius 1 is 0.487 bits per heavy atom. The van der Waals surface area contributed by atoms with Crippen molar-refractivity contribution in [1.82, 2.24) is 0 Å². The Kier molecular flexibility index (Phi) is 29.0. The SMILES string of the molecule is CCCCCCCCC=CCCCCCCCCC(N)(CCCCCCC=CCCCCCCCC)C(=O)O. The van der Waals surface area contributed by atoms with Gasteiger partial charge in [-0.05, 0) is 64.2 Å². The van der Waals surface area contributed by atoms with E-state index < -0.39 is 11.5 Å². The quantitative estimate of drug-likeness (QED) is 0.0670. The van der Waals surface area contributed by atoms with Crippen molar-refractivity contribution in [2.24, 2.45) is 5.73 Å². The summed E-state index contributed by atoms with van der Waals surface area (Å²) in [5, 5.41) is 9.72. The van der Waals surface area contributed by atoms with Crippen LogP contribution in [-0.4, -0.2) is 16.6 Å². The maximum Gasteiger partial charge on any atom is 0.323 e. The molecular formula is C36H69NO2. The fraction of sp³-hybridized carbons (Fsp3) is 0.861. The Hall–Kier alpha value is -1.09. The van der Waals surface area contributed by atoms with Crippen LogP contribution in [0.15, 0.2) is 24.3 Å². The largest absolute Gasteiger partial charge is 0.480 e. The van der Waals surface area contributed by atoms with Gasteiger partial charge in [0.05, 0.1) is 0 Å². The van der Waals surface area contributed by atoms with Crippen LogP contribution in [0.3, 0.4) is 0 Å². The second kappa shape index (κ2) is 29.9. The molecule has 0 aromatic rings. The highest BCUT2D eigenvalue weighted by Gasteiger charge is 2.32. The third-order valence-electron chi connectivity index (χ3n) is 8.20. The van der Waals surface area contributed by atoms with Crippen molar-refractivity contribution in [1.29, 1.82) is 0 Å². The molecule has 0 aliphatic rings. The van der Waals surface area contributed by atoms with Crippen molar-refractivity contribution in [2.75, 3.05) is 0 Å². The molecule has 0 radical (unpaired) electrons. The average Bonchev–Trinajstić information content (AvgIpc) is 2.93. The fourth-order valence-electron chi connectivity index (χ4n) is 5.36. The molecule has 230 valence electrons. The number of nitrogens with two attached hydrogens (primary N) is 1. The standard InChI is InChI=1S/C36H69NO2/c1-3-5-7-9-11-13-15-17-19-20-22-24-26-28-30-32-34-36(37,35(38)39)33-31-29-27-25-23-21-18-16-14-12-10-8-6-4-2/h17-19,21H,3-16,20,22-34,37H2,1-2H3,(H,38,39). The van der Waals surface area contributed by atoms with E-state index in [9.17, 15) is 9.90 Å². The van der Waals surface area contributed by atoms with Gasteiger partial charge in [-0.3, -0.25) is 4.79 Å². The summed E-state index contributed by atoms with van der Waals surface area (Å²) >= 11 is 0. The van der Waals surface area contributed by atoms with Crippen LogP contribution in [0.25, 0.3) is 0 Å². The average molecular weight is 548 g/mol. The van der Waals surface area contributed by atoms with Crippen LogP contribution < -0.4 is 5.73 Å². The zero-order valence-electron chi connectivity index (χ0n) is 26.5. The Morgan fingerprint density at radius 2 is 0.744 bits per heavy atom. The number of aliphatic carboxylic acids is 1. The maximum atomic E-state index is 11.8. The minimum atomic E-state index is -1.03. The lowest BCUT2D eigenvalue weighted by molar-refractivity contribution is -0.144. The molecule has 0 heterocycles. The summed E-state index contributed by atoms with van der Waals surface area (Å²) in [6.45, 7) is 4.54. The number of carboxylic acids is 1. The second-order valence-electron chi connectivity index (χ2n) is 12.1. The van der Waals surface area contributed by atoms with Crippen molar-refractivity contribution in [3.05, 3.63) is 24.3 Å². The summed E-state index contributed by atoms with van der Waals surface area (Å²) < 4.78 is 0. The Labute approximate surface area is 244 Å². The minimum absolute atomic E-state index is 0.612. The Balaban J connectivity index is 3.64. The molecule has 3 N–H and O–H groups in total. The highest BCUT2D eigenvalue weighted by molar-refractivity contribution is 5.78. The maximum absolute atomic E-state index is 11.8. The molecule has 0 saturated carbocycles. The highest BCUT2D eigenvalue weighted by atomic mass is 16.4. The van der Waals surface area contributed by atoms with E-state index in [2.05, 4.69) is 38.2 Å². The van der Waals surface area contributed by atoms with E-state index in [1.54, 1.807) is 0 Å². The Bertz CT molecular complexity index is 570. The number of unbranched alkanes of at least 4 members (excludes halogenated alkanes) is 22. The van der Waals surface area contributed by atoms with Gasteiger partial charge in [-0.1, -0.05) is 154 Å². The third kappa shape index (κ3) is 26.9. The first-order chi connectivity index (χ1) is 19.1. The number of allylic oxidation sites excluding steroid dienone is 4. The summed E-state index contributed by atoms with van der Waals surface area (Å²) in [4.78, 5) is 11.8. The molecule has 0 bridgehead atoms. The molecule has 1 atom stereocenters. The van der Waals surface area contributed by atoms with Crippen LogP contribution in [0.1, 0.15) is 194 Å². The molecular weight excluding hydrogens is 478 g/mol. The smallest absolute Gasteiger partial charge is 0.323 e. The van der Waals surface area contributed by atoms with Gasteiger partial charge < -0.3 is 10.8 Å². The molecule has 1 unspecified atom stereocenters. The number of hydrogen-bond acceptors (Lipinski definition) is 2. The van der Waals surface area contributed by atoms with E-state index in [4.69, 9.17) is 5.73 Å². The number of hydrogen-bond donors (Lipinski definition) is 2. The summed E-state index contributed by atoms with van der Waals surface area (Å²) in [5.74, 6) is -0.812. The van der Waals surface area contributed by atoms with E-state index in [1.807, 2.05) is 0 Å². The molecule has 0 aliphatic heterocycles. The van der Waals surface area contributed by atoms with Crippen LogP contribution in [0.5, 0.6) is 0 Å². The zero-order valence-corrected chi connectivity index (χ0v) is 26.5. The molecule has 0 spiro atoms. The Morgan fingerprint density at radius 3 is 1.03 bits per heavy atom. The first-order valence-corrected chi connectivity index (χ1v) is 17.4. The van der Waals surface area contributed by atoms with Gasteiger partial charge in [0.1, 0.15) is 5.54 Å². The van der Waals surface area contributed by atoms with Gasteiger partial charge in [0.2, 0.25) is 0 Å². The zero-order chi connectivity index (χ0) is 28.7.